The minimum atomic E-state index is -0.244. The second-order valence-corrected chi connectivity index (χ2v) is 7.70. The molecule has 2 aromatic heterocycles. The summed E-state index contributed by atoms with van der Waals surface area (Å²) in [5, 5.41) is 5.10. The Morgan fingerprint density at radius 1 is 1.19 bits per heavy atom. The van der Waals surface area contributed by atoms with E-state index in [1.807, 2.05) is 32.2 Å². The van der Waals surface area contributed by atoms with E-state index in [0.717, 1.165) is 16.1 Å². The van der Waals surface area contributed by atoms with Crippen LogP contribution in [0, 0.1) is 12.7 Å². The van der Waals surface area contributed by atoms with Crippen LogP contribution in [0.25, 0.3) is 21.6 Å². The van der Waals surface area contributed by atoms with Crippen LogP contribution in [-0.2, 0) is 6.54 Å². The van der Waals surface area contributed by atoms with E-state index in [4.69, 9.17) is 4.52 Å². The van der Waals surface area contributed by atoms with Gasteiger partial charge in [-0.1, -0.05) is 17.3 Å². The van der Waals surface area contributed by atoms with Gasteiger partial charge in [0.15, 0.2) is 0 Å². The molecule has 0 radical (unpaired) electrons. The number of benzene rings is 2. The molecule has 138 valence electrons. The molecule has 0 amide bonds. The Labute approximate surface area is 160 Å². The first-order chi connectivity index (χ1) is 13.0. The molecule has 0 saturated heterocycles. The molecule has 0 N–H and O–H groups in total. The summed E-state index contributed by atoms with van der Waals surface area (Å²) in [5.74, 6) is 0.746. The summed E-state index contributed by atoms with van der Waals surface area (Å²) in [6.07, 6.45) is 0. The molecule has 0 spiro atoms. The maximum Gasteiger partial charge on any atom is 0.244 e. The van der Waals surface area contributed by atoms with E-state index in [-0.39, 0.29) is 11.9 Å². The summed E-state index contributed by atoms with van der Waals surface area (Å²) in [7, 11) is 2.00. The summed E-state index contributed by atoms with van der Waals surface area (Å²) in [6.45, 7) is 4.42. The number of thiazole rings is 1. The number of hydrogen-bond donors (Lipinski definition) is 0. The maximum absolute atomic E-state index is 13.5. The molecule has 0 aliphatic heterocycles. The van der Waals surface area contributed by atoms with Gasteiger partial charge < -0.3 is 4.52 Å². The van der Waals surface area contributed by atoms with Crippen LogP contribution in [0.5, 0.6) is 0 Å². The van der Waals surface area contributed by atoms with Crippen molar-refractivity contribution in [3.05, 3.63) is 64.7 Å². The third-order valence-electron chi connectivity index (χ3n) is 4.60. The molecule has 27 heavy (non-hydrogen) atoms. The number of halogens is 1. The Morgan fingerprint density at radius 2 is 2.00 bits per heavy atom. The number of nitrogens with zero attached hydrogens (tertiary/aromatic N) is 4. The zero-order chi connectivity index (χ0) is 19.0. The van der Waals surface area contributed by atoms with E-state index in [9.17, 15) is 4.39 Å². The van der Waals surface area contributed by atoms with E-state index >= 15 is 0 Å². The lowest BCUT2D eigenvalue weighted by Gasteiger charge is -2.19. The van der Waals surface area contributed by atoms with Crippen molar-refractivity contribution in [3.63, 3.8) is 0 Å². The minimum absolute atomic E-state index is 0.0696. The Hall–Kier alpha value is -2.64. The third kappa shape index (κ3) is 3.61. The van der Waals surface area contributed by atoms with Gasteiger partial charge in [-0.25, -0.2) is 9.37 Å². The van der Waals surface area contributed by atoms with Crippen molar-refractivity contribution < 1.29 is 8.91 Å². The molecule has 4 aromatic rings. The first-order valence-electron chi connectivity index (χ1n) is 8.66. The Morgan fingerprint density at radius 3 is 2.78 bits per heavy atom. The van der Waals surface area contributed by atoms with Crippen molar-refractivity contribution in [3.8, 4) is 11.4 Å². The smallest absolute Gasteiger partial charge is 0.244 e. The summed E-state index contributed by atoms with van der Waals surface area (Å²) in [6, 6.07) is 12.8. The standard InChI is InChI=1S/C20H19FN4OS/c1-12-10-14(8-9-15(12)21)19-23-20(26-24-19)13(2)25(3)11-18-22-16-6-4-5-7-17(16)27-18/h4-10,13H,11H2,1-3H3. The van der Waals surface area contributed by atoms with Crippen LogP contribution in [0.2, 0.25) is 0 Å². The fourth-order valence-corrected chi connectivity index (χ4v) is 3.86. The van der Waals surface area contributed by atoms with Crippen molar-refractivity contribution in [2.75, 3.05) is 7.05 Å². The second-order valence-electron chi connectivity index (χ2n) is 6.59. The van der Waals surface area contributed by atoms with Gasteiger partial charge >= 0.3 is 0 Å². The molecule has 0 fully saturated rings. The number of fused-ring (bicyclic) bond motifs is 1. The molecule has 2 heterocycles. The largest absolute Gasteiger partial charge is 0.337 e. The predicted molar refractivity (Wildman–Crippen MR) is 104 cm³/mol. The quantitative estimate of drug-likeness (QED) is 0.487. The van der Waals surface area contributed by atoms with Crippen LogP contribution in [0.4, 0.5) is 4.39 Å². The van der Waals surface area contributed by atoms with Crippen LogP contribution in [0.15, 0.2) is 47.0 Å². The highest BCUT2D eigenvalue weighted by Gasteiger charge is 2.21. The van der Waals surface area contributed by atoms with E-state index in [2.05, 4.69) is 26.1 Å². The average molecular weight is 382 g/mol. The van der Waals surface area contributed by atoms with Crippen LogP contribution < -0.4 is 0 Å². The monoisotopic (exact) mass is 382 g/mol. The van der Waals surface area contributed by atoms with Gasteiger partial charge in [0.1, 0.15) is 10.8 Å². The summed E-state index contributed by atoms with van der Waals surface area (Å²) in [5.41, 5.74) is 2.31. The highest BCUT2D eigenvalue weighted by molar-refractivity contribution is 7.18. The average Bonchev–Trinajstić information content (AvgIpc) is 3.29. The summed E-state index contributed by atoms with van der Waals surface area (Å²) < 4.78 is 20.1. The fraction of sp³-hybridized carbons (Fsp3) is 0.250. The fourth-order valence-electron chi connectivity index (χ4n) is 2.83. The molecule has 7 heteroatoms. The lowest BCUT2D eigenvalue weighted by Crippen LogP contribution is -2.22. The van der Waals surface area contributed by atoms with Gasteiger partial charge in [0.2, 0.25) is 11.7 Å². The topological polar surface area (TPSA) is 55.1 Å². The molecule has 1 atom stereocenters. The van der Waals surface area contributed by atoms with Gasteiger partial charge in [0.25, 0.3) is 0 Å². The van der Waals surface area contributed by atoms with E-state index in [0.29, 0.717) is 23.8 Å². The molecule has 1 unspecified atom stereocenters. The highest BCUT2D eigenvalue weighted by Crippen LogP contribution is 2.27. The van der Waals surface area contributed by atoms with Crippen molar-refractivity contribution in [2.24, 2.45) is 0 Å². The van der Waals surface area contributed by atoms with Crippen molar-refractivity contribution in [2.45, 2.75) is 26.4 Å². The van der Waals surface area contributed by atoms with Gasteiger partial charge in [-0.05, 0) is 56.8 Å². The molecular weight excluding hydrogens is 363 g/mol. The maximum atomic E-state index is 13.5. The predicted octanol–water partition coefficient (Wildman–Crippen LogP) is 4.99. The zero-order valence-corrected chi connectivity index (χ0v) is 16.1. The highest BCUT2D eigenvalue weighted by atomic mass is 32.1. The molecule has 4 rings (SSSR count). The Bertz CT molecular complexity index is 1060. The molecule has 0 bridgehead atoms. The molecular formula is C20H19FN4OS. The zero-order valence-electron chi connectivity index (χ0n) is 15.3. The van der Waals surface area contributed by atoms with E-state index in [1.165, 1.54) is 10.8 Å². The summed E-state index contributed by atoms with van der Waals surface area (Å²) in [4.78, 5) is 11.3. The molecule has 2 aromatic carbocycles. The first-order valence-corrected chi connectivity index (χ1v) is 9.48. The van der Waals surface area contributed by atoms with Crippen LogP contribution >= 0.6 is 11.3 Å². The van der Waals surface area contributed by atoms with Crippen molar-refractivity contribution in [1.82, 2.24) is 20.0 Å². The molecule has 0 aliphatic carbocycles. The van der Waals surface area contributed by atoms with Gasteiger partial charge in [-0.15, -0.1) is 11.3 Å². The first kappa shape index (κ1) is 17.8. The Kier molecular flexibility index (Phi) is 4.72. The summed E-state index contributed by atoms with van der Waals surface area (Å²) >= 11 is 1.69. The SMILES string of the molecule is Cc1cc(-c2noc(C(C)N(C)Cc3nc4ccccc4s3)n2)ccc1F. The number of hydrogen-bond acceptors (Lipinski definition) is 6. The number of aromatic nitrogens is 3. The van der Waals surface area contributed by atoms with Gasteiger partial charge in [0, 0.05) is 5.56 Å². The van der Waals surface area contributed by atoms with Gasteiger partial charge in [-0.3, -0.25) is 4.90 Å². The van der Waals surface area contributed by atoms with Crippen LogP contribution in [-0.4, -0.2) is 27.1 Å². The lowest BCUT2D eigenvalue weighted by molar-refractivity contribution is 0.202. The van der Waals surface area contributed by atoms with E-state index < -0.39 is 0 Å². The molecule has 5 nitrogen and oxygen atoms in total. The Balaban J connectivity index is 1.51. The normalized spacial score (nSPS) is 12.8. The molecule has 0 saturated carbocycles. The minimum Gasteiger partial charge on any atom is -0.337 e. The van der Waals surface area contributed by atoms with E-state index in [1.54, 1.807) is 30.4 Å². The van der Waals surface area contributed by atoms with Gasteiger partial charge in [-0.2, -0.15) is 4.98 Å². The lowest BCUT2D eigenvalue weighted by atomic mass is 10.1. The third-order valence-corrected chi connectivity index (χ3v) is 5.62. The number of para-hydroxylation sites is 1. The van der Waals surface area contributed by atoms with Crippen LogP contribution in [0.3, 0.4) is 0 Å². The second kappa shape index (κ2) is 7.17. The van der Waals surface area contributed by atoms with Crippen molar-refractivity contribution >= 4 is 21.6 Å². The van der Waals surface area contributed by atoms with Crippen LogP contribution in [0.1, 0.15) is 29.4 Å². The van der Waals surface area contributed by atoms with Crippen molar-refractivity contribution in [1.29, 1.82) is 0 Å². The number of aryl methyl sites for hydroxylation is 1. The van der Waals surface area contributed by atoms with Gasteiger partial charge in [0.05, 0.1) is 22.8 Å². The molecule has 0 aliphatic rings. The number of rotatable bonds is 5.